The summed E-state index contributed by atoms with van der Waals surface area (Å²) < 4.78 is 10.9. The van der Waals surface area contributed by atoms with E-state index in [1.807, 2.05) is 39.8 Å². The molecule has 1 aromatic rings. The number of hydrogen-bond donors (Lipinski definition) is 1. The lowest BCUT2D eigenvalue weighted by Gasteiger charge is -2.32. The van der Waals surface area contributed by atoms with Crippen LogP contribution in [0.25, 0.3) is 0 Å². The van der Waals surface area contributed by atoms with E-state index in [2.05, 4.69) is 10.2 Å². The van der Waals surface area contributed by atoms with E-state index in [9.17, 15) is 4.79 Å². The second-order valence-electron chi connectivity index (χ2n) is 6.71. The van der Waals surface area contributed by atoms with Gasteiger partial charge in [0.15, 0.2) is 0 Å². The van der Waals surface area contributed by atoms with Crippen molar-refractivity contribution in [3.8, 4) is 0 Å². The molecule has 1 saturated heterocycles. The first kappa shape index (κ1) is 15.9. The second-order valence-corrected chi connectivity index (χ2v) is 6.71. The van der Waals surface area contributed by atoms with Gasteiger partial charge in [-0.25, -0.2) is 4.79 Å². The van der Waals surface area contributed by atoms with E-state index in [1.54, 1.807) is 0 Å². The van der Waals surface area contributed by atoms with Crippen LogP contribution in [0.1, 0.15) is 45.1 Å². The third-order valence-corrected chi connectivity index (χ3v) is 3.48. The Balaban J connectivity index is 1.72. The number of nitrogens with one attached hydrogen (secondary N) is 1. The predicted octanol–water partition coefficient (Wildman–Crippen LogP) is 3.08. The highest BCUT2D eigenvalue weighted by atomic mass is 16.6. The Morgan fingerprint density at radius 1 is 1.38 bits per heavy atom. The van der Waals surface area contributed by atoms with E-state index in [-0.39, 0.29) is 12.1 Å². The Bertz CT molecular complexity index is 468. The molecule has 2 heterocycles. The predicted molar refractivity (Wildman–Crippen MR) is 81.1 cm³/mol. The Labute approximate surface area is 126 Å². The number of carbonyl (C=O) groups excluding carboxylic acids is 1. The van der Waals surface area contributed by atoms with Crippen LogP contribution >= 0.6 is 0 Å². The Hall–Kier alpha value is -1.49. The second kappa shape index (κ2) is 6.52. The highest BCUT2D eigenvalue weighted by molar-refractivity contribution is 5.68. The number of nitrogens with zero attached hydrogens (tertiary/aromatic N) is 1. The Morgan fingerprint density at radius 3 is 2.57 bits per heavy atom. The molecule has 1 aliphatic rings. The number of rotatable bonds is 3. The first-order valence-electron chi connectivity index (χ1n) is 7.59. The quantitative estimate of drug-likeness (QED) is 0.931. The summed E-state index contributed by atoms with van der Waals surface area (Å²) in [5, 5.41) is 2.95. The van der Waals surface area contributed by atoms with Gasteiger partial charge in [0.25, 0.3) is 0 Å². The molecule has 2 rings (SSSR count). The minimum atomic E-state index is -0.443. The molecular formula is C16H26N2O3. The van der Waals surface area contributed by atoms with Crippen LogP contribution in [0.4, 0.5) is 4.79 Å². The molecule has 0 atom stereocenters. The number of furan rings is 1. The van der Waals surface area contributed by atoms with E-state index in [0.29, 0.717) is 0 Å². The molecule has 0 spiro atoms. The third kappa shape index (κ3) is 5.42. The highest BCUT2D eigenvalue weighted by Gasteiger charge is 2.23. The maximum atomic E-state index is 11.7. The fraction of sp³-hybridized carbons (Fsp3) is 0.688. The molecule has 0 unspecified atom stereocenters. The fourth-order valence-corrected chi connectivity index (χ4v) is 2.50. The number of aryl methyl sites for hydroxylation is 1. The molecule has 1 aliphatic heterocycles. The number of carbonyl (C=O) groups is 1. The standard InChI is InChI=1S/C16H26N2O3/c1-12-5-6-14(20-12)11-18-9-7-13(8-10-18)17-15(19)21-16(2,3)4/h5-6,13H,7-11H2,1-4H3,(H,17,19). The summed E-state index contributed by atoms with van der Waals surface area (Å²) >= 11 is 0. The van der Waals surface area contributed by atoms with Crippen molar-refractivity contribution in [1.29, 1.82) is 0 Å². The zero-order valence-corrected chi connectivity index (χ0v) is 13.4. The SMILES string of the molecule is Cc1ccc(CN2CCC(NC(=O)OC(C)(C)C)CC2)o1. The van der Waals surface area contributed by atoms with Crippen molar-refractivity contribution in [2.75, 3.05) is 13.1 Å². The number of piperidine rings is 1. The van der Waals surface area contributed by atoms with E-state index in [4.69, 9.17) is 9.15 Å². The van der Waals surface area contributed by atoms with Gasteiger partial charge < -0.3 is 14.5 Å². The van der Waals surface area contributed by atoms with Crippen LogP contribution in [0.15, 0.2) is 16.5 Å². The first-order valence-corrected chi connectivity index (χ1v) is 7.59. The van der Waals surface area contributed by atoms with Crippen LogP contribution in [-0.4, -0.2) is 35.7 Å². The average Bonchev–Trinajstić information content (AvgIpc) is 2.75. The zero-order chi connectivity index (χ0) is 15.5. The topological polar surface area (TPSA) is 54.7 Å². The van der Waals surface area contributed by atoms with Crippen LogP contribution < -0.4 is 5.32 Å². The molecule has 1 fully saturated rings. The maximum absolute atomic E-state index is 11.7. The van der Waals surface area contributed by atoms with Crippen molar-refractivity contribution in [3.05, 3.63) is 23.7 Å². The number of likely N-dealkylation sites (tertiary alicyclic amines) is 1. The van der Waals surface area contributed by atoms with Gasteiger partial charge in [0.1, 0.15) is 17.1 Å². The lowest BCUT2D eigenvalue weighted by Crippen LogP contribution is -2.45. The third-order valence-electron chi connectivity index (χ3n) is 3.48. The van der Waals surface area contributed by atoms with Crippen LogP contribution in [0.2, 0.25) is 0 Å². The minimum absolute atomic E-state index is 0.203. The number of ether oxygens (including phenoxy) is 1. The highest BCUT2D eigenvalue weighted by Crippen LogP contribution is 2.16. The lowest BCUT2D eigenvalue weighted by atomic mass is 10.1. The molecule has 0 bridgehead atoms. The Morgan fingerprint density at radius 2 is 2.05 bits per heavy atom. The minimum Gasteiger partial charge on any atom is -0.465 e. The summed E-state index contributed by atoms with van der Waals surface area (Å²) in [6.07, 6.45) is 1.57. The molecule has 0 aliphatic carbocycles. The van der Waals surface area contributed by atoms with Crippen molar-refractivity contribution in [2.45, 2.75) is 58.7 Å². The van der Waals surface area contributed by atoms with Crippen molar-refractivity contribution >= 4 is 6.09 Å². The van der Waals surface area contributed by atoms with Crippen molar-refractivity contribution < 1.29 is 13.9 Å². The number of hydrogen-bond acceptors (Lipinski definition) is 4. The zero-order valence-electron chi connectivity index (χ0n) is 13.4. The Kier molecular flexibility index (Phi) is 4.93. The lowest BCUT2D eigenvalue weighted by molar-refractivity contribution is 0.0476. The van der Waals surface area contributed by atoms with E-state index in [1.165, 1.54) is 0 Å². The molecule has 0 radical (unpaired) electrons. The summed E-state index contributed by atoms with van der Waals surface area (Å²) in [5.41, 5.74) is -0.443. The van der Waals surface area contributed by atoms with Crippen molar-refractivity contribution in [2.24, 2.45) is 0 Å². The van der Waals surface area contributed by atoms with Crippen LogP contribution in [0.3, 0.4) is 0 Å². The summed E-state index contributed by atoms with van der Waals surface area (Å²) in [4.78, 5) is 14.1. The normalized spacial score (nSPS) is 17.7. The summed E-state index contributed by atoms with van der Waals surface area (Å²) in [6, 6.07) is 4.22. The molecule has 0 aromatic carbocycles. The van der Waals surface area contributed by atoms with Crippen LogP contribution in [0.5, 0.6) is 0 Å². The largest absolute Gasteiger partial charge is 0.465 e. The molecule has 21 heavy (non-hydrogen) atoms. The smallest absolute Gasteiger partial charge is 0.407 e. The van der Waals surface area contributed by atoms with Crippen molar-refractivity contribution in [1.82, 2.24) is 10.2 Å². The van der Waals surface area contributed by atoms with Crippen molar-refractivity contribution in [3.63, 3.8) is 0 Å². The first-order chi connectivity index (χ1) is 9.82. The van der Waals surface area contributed by atoms with Gasteiger partial charge in [-0.15, -0.1) is 0 Å². The van der Waals surface area contributed by atoms with Gasteiger partial charge in [-0.1, -0.05) is 0 Å². The summed E-state index contributed by atoms with van der Waals surface area (Å²) in [7, 11) is 0. The average molecular weight is 294 g/mol. The molecule has 1 amide bonds. The van der Waals surface area contributed by atoms with Gasteiger partial charge in [0, 0.05) is 19.1 Å². The number of alkyl carbamates (subject to hydrolysis) is 1. The van der Waals surface area contributed by atoms with Gasteiger partial charge >= 0.3 is 6.09 Å². The summed E-state index contributed by atoms with van der Waals surface area (Å²) in [5.74, 6) is 1.96. The van der Waals surface area contributed by atoms with Crippen LogP contribution in [0, 0.1) is 6.92 Å². The molecular weight excluding hydrogens is 268 g/mol. The monoisotopic (exact) mass is 294 g/mol. The van der Waals surface area contributed by atoms with Gasteiger partial charge in [0.05, 0.1) is 6.54 Å². The molecule has 1 N–H and O–H groups in total. The summed E-state index contributed by atoms with van der Waals surface area (Å²) in [6.45, 7) is 10.3. The molecule has 5 nitrogen and oxygen atoms in total. The van der Waals surface area contributed by atoms with E-state index < -0.39 is 5.60 Å². The van der Waals surface area contributed by atoms with Crippen LogP contribution in [-0.2, 0) is 11.3 Å². The molecule has 1 aromatic heterocycles. The molecule has 0 saturated carbocycles. The van der Waals surface area contributed by atoms with E-state index in [0.717, 1.165) is 44.0 Å². The van der Waals surface area contributed by atoms with Gasteiger partial charge in [-0.3, -0.25) is 4.90 Å². The molecule has 5 heteroatoms. The number of amides is 1. The van der Waals surface area contributed by atoms with Gasteiger partial charge in [-0.05, 0) is 52.7 Å². The maximum Gasteiger partial charge on any atom is 0.407 e. The fourth-order valence-electron chi connectivity index (χ4n) is 2.50. The molecule has 118 valence electrons. The van der Waals surface area contributed by atoms with Gasteiger partial charge in [0.2, 0.25) is 0 Å². The van der Waals surface area contributed by atoms with E-state index >= 15 is 0 Å². The van der Waals surface area contributed by atoms with Gasteiger partial charge in [-0.2, -0.15) is 0 Å².